The molecular weight excluding hydrogens is 286 g/mol. The van der Waals surface area contributed by atoms with Gasteiger partial charge in [0.2, 0.25) is 0 Å². The first-order valence-electron chi connectivity index (χ1n) is 8.31. The molecule has 2 aromatic carbocycles. The highest BCUT2D eigenvalue weighted by atomic mass is 16.5. The molecule has 0 amide bonds. The molecule has 0 fully saturated rings. The van der Waals surface area contributed by atoms with E-state index in [4.69, 9.17) is 9.47 Å². The van der Waals surface area contributed by atoms with Gasteiger partial charge in [-0.2, -0.15) is 0 Å². The van der Waals surface area contributed by atoms with Gasteiger partial charge in [0.25, 0.3) is 0 Å². The van der Waals surface area contributed by atoms with Crippen molar-refractivity contribution < 1.29 is 9.47 Å². The molecular formula is C20H25NO2. The van der Waals surface area contributed by atoms with Crippen LogP contribution in [0, 0.1) is 0 Å². The number of nitrogens with one attached hydrogen (secondary N) is 1. The largest absolute Gasteiger partial charge is 0.493 e. The smallest absolute Gasteiger partial charge is 0.160 e. The van der Waals surface area contributed by atoms with Crippen LogP contribution >= 0.6 is 0 Å². The molecule has 1 aliphatic rings. The van der Waals surface area contributed by atoms with Crippen LogP contribution in [0.1, 0.15) is 23.1 Å². The number of aryl methyl sites for hydroxylation is 1. The van der Waals surface area contributed by atoms with Gasteiger partial charge in [-0.3, -0.25) is 0 Å². The highest BCUT2D eigenvalue weighted by molar-refractivity contribution is 5.43. The zero-order valence-corrected chi connectivity index (χ0v) is 14.0. The van der Waals surface area contributed by atoms with E-state index in [0.717, 1.165) is 30.9 Å². The lowest BCUT2D eigenvalue weighted by Gasteiger charge is -2.25. The predicted molar refractivity (Wildman–Crippen MR) is 93.5 cm³/mol. The van der Waals surface area contributed by atoms with Gasteiger partial charge >= 0.3 is 0 Å². The average Bonchev–Trinajstić information content (AvgIpc) is 2.61. The molecule has 23 heavy (non-hydrogen) atoms. The Morgan fingerprint density at radius 3 is 2.57 bits per heavy atom. The summed E-state index contributed by atoms with van der Waals surface area (Å²) in [6.45, 7) is 0.988. The van der Waals surface area contributed by atoms with Gasteiger partial charge in [-0.1, -0.05) is 30.3 Å². The lowest BCUT2D eigenvalue weighted by molar-refractivity contribution is 0.354. The van der Waals surface area contributed by atoms with Gasteiger partial charge in [0.05, 0.1) is 14.2 Å². The number of fused-ring (bicyclic) bond motifs is 1. The lowest BCUT2D eigenvalue weighted by atomic mass is 9.88. The fourth-order valence-corrected chi connectivity index (χ4v) is 3.33. The van der Waals surface area contributed by atoms with Gasteiger partial charge in [0.1, 0.15) is 0 Å². The third kappa shape index (κ3) is 3.85. The summed E-state index contributed by atoms with van der Waals surface area (Å²) in [6, 6.07) is 15.5. The second kappa shape index (κ2) is 7.51. The Morgan fingerprint density at radius 2 is 1.78 bits per heavy atom. The van der Waals surface area contributed by atoms with Gasteiger partial charge in [-0.15, -0.1) is 0 Å². The SMILES string of the molecule is COc1ccc(CCNC2CCc3ccccc3C2)cc1OC. The normalized spacial score (nSPS) is 16.7. The van der Waals surface area contributed by atoms with Gasteiger partial charge in [-0.25, -0.2) is 0 Å². The van der Waals surface area contributed by atoms with Crippen LogP contribution in [0.25, 0.3) is 0 Å². The molecule has 0 saturated carbocycles. The molecule has 0 spiro atoms. The molecule has 0 radical (unpaired) electrons. The van der Waals surface area contributed by atoms with Crippen LogP contribution in [-0.4, -0.2) is 26.8 Å². The zero-order valence-electron chi connectivity index (χ0n) is 14.0. The number of hydrogen-bond donors (Lipinski definition) is 1. The van der Waals surface area contributed by atoms with Crippen LogP contribution in [0.4, 0.5) is 0 Å². The topological polar surface area (TPSA) is 30.5 Å². The Labute approximate surface area is 138 Å². The molecule has 2 aromatic rings. The van der Waals surface area contributed by atoms with Crippen LogP contribution in [0.5, 0.6) is 11.5 Å². The quantitative estimate of drug-likeness (QED) is 0.887. The maximum Gasteiger partial charge on any atom is 0.160 e. The molecule has 1 atom stereocenters. The van der Waals surface area contributed by atoms with Crippen molar-refractivity contribution in [1.29, 1.82) is 0 Å². The van der Waals surface area contributed by atoms with Crippen molar-refractivity contribution in [3.8, 4) is 11.5 Å². The summed E-state index contributed by atoms with van der Waals surface area (Å²) in [6.07, 6.45) is 4.55. The molecule has 1 N–H and O–H groups in total. The van der Waals surface area contributed by atoms with E-state index in [1.54, 1.807) is 14.2 Å². The first kappa shape index (κ1) is 15.9. The number of benzene rings is 2. The molecule has 1 aliphatic carbocycles. The second-order valence-electron chi connectivity index (χ2n) is 6.10. The minimum atomic E-state index is 0.588. The first-order valence-corrected chi connectivity index (χ1v) is 8.31. The van der Waals surface area contributed by atoms with Gasteiger partial charge in [0.15, 0.2) is 11.5 Å². The highest BCUT2D eigenvalue weighted by Gasteiger charge is 2.17. The second-order valence-corrected chi connectivity index (χ2v) is 6.10. The standard InChI is InChI=1S/C20H25NO2/c1-22-19-10-7-15(13-20(19)23-2)11-12-21-18-9-8-16-5-3-4-6-17(16)14-18/h3-7,10,13,18,21H,8-9,11-12,14H2,1-2H3. The van der Waals surface area contributed by atoms with Gasteiger partial charge < -0.3 is 14.8 Å². The molecule has 3 nitrogen and oxygen atoms in total. The number of ether oxygens (including phenoxy) is 2. The molecule has 0 bridgehead atoms. The highest BCUT2D eigenvalue weighted by Crippen LogP contribution is 2.27. The Hall–Kier alpha value is -2.00. The Balaban J connectivity index is 1.52. The molecule has 3 heteroatoms. The van der Waals surface area contributed by atoms with Crippen LogP contribution in [0.2, 0.25) is 0 Å². The van der Waals surface area contributed by atoms with Crippen molar-refractivity contribution in [2.45, 2.75) is 31.7 Å². The van der Waals surface area contributed by atoms with Crippen molar-refractivity contribution >= 4 is 0 Å². The van der Waals surface area contributed by atoms with Crippen molar-refractivity contribution in [2.24, 2.45) is 0 Å². The van der Waals surface area contributed by atoms with Crippen molar-refractivity contribution in [3.63, 3.8) is 0 Å². The molecule has 0 heterocycles. The van der Waals surface area contributed by atoms with Crippen LogP contribution in [0.15, 0.2) is 42.5 Å². The summed E-state index contributed by atoms with van der Waals surface area (Å²) < 4.78 is 10.7. The molecule has 0 aromatic heterocycles. The molecule has 1 unspecified atom stereocenters. The van der Waals surface area contributed by atoms with Gasteiger partial charge in [0, 0.05) is 6.04 Å². The summed E-state index contributed by atoms with van der Waals surface area (Å²) in [7, 11) is 3.35. The minimum Gasteiger partial charge on any atom is -0.493 e. The van der Waals surface area contributed by atoms with E-state index in [9.17, 15) is 0 Å². The fourth-order valence-electron chi connectivity index (χ4n) is 3.33. The summed E-state index contributed by atoms with van der Waals surface area (Å²) in [5.74, 6) is 1.59. The maximum absolute atomic E-state index is 5.37. The third-order valence-electron chi connectivity index (χ3n) is 4.64. The molecule has 122 valence electrons. The Kier molecular flexibility index (Phi) is 5.19. The number of methoxy groups -OCH3 is 2. The Morgan fingerprint density at radius 1 is 1.00 bits per heavy atom. The molecule has 0 aliphatic heterocycles. The maximum atomic E-state index is 5.37. The number of hydrogen-bond acceptors (Lipinski definition) is 3. The monoisotopic (exact) mass is 311 g/mol. The van der Waals surface area contributed by atoms with E-state index in [-0.39, 0.29) is 0 Å². The minimum absolute atomic E-state index is 0.588. The lowest BCUT2D eigenvalue weighted by Crippen LogP contribution is -2.35. The van der Waals surface area contributed by atoms with E-state index in [1.165, 1.54) is 29.5 Å². The van der Waals surface area contributed by atoms with Crippen LogP contribution in [0.3, 0.4) is 0 Å². The van der Waals surface area contributed by atoms with Crippen LogP contribution < -0.4 is 14.8 Å². The average molecular weight is 311 g/mol. The van der Waals surface area contributed by atoms with Gasteiger partial charge in [-0.05, 0) is 61.1 Å². The predicted octanol–water partition coefficient (Wildman–Crippen LogP) is 3.39. The van der Waals surface area contributed by atoms with E-state index < -0.39 is 0 Å². The van der Waals surface area contributed by atoms with E-state index in [0.29, 0.717) is 6.04 Å². The Bertz CT molecular complexity index is 654. The van der Waals surface area contributed by atoms with E-state index >= 15 is 0 Å². The van der Waals surface area contributed by atoms with Crippen LogP contribution in [-0.2, 0) is 19.3 Å². The zero-order chi connectivity index (χ0) is 16.1. The number of rotatable bonds is 6. The van der Waals surface area contributed by atoms with Crippen molar-refractivity contribution in [2.75, 3.05) is 20.8 Å². The first-order chi connectivity index (χ1) is 11.3. The summed E-state index contributed by atoms with van der Waals surface area (Å²) in [4.78, 5) is 0. The fraction of sp³-hybridized carbons (Fsp3) is 0.400. The summed E-state index contributed by atoms with van der Waals surface area (Å²) in [5.41, 5.74) is 4.29. The third-order valence-corrected chi connectivity index (χ3v) is 4.64. The van der Waals surface area contributed by atoms with E-state index in [1.807, 2.05) is 6.07 Å². The molecule has 0 saturated heterocycles. The molecule has 3 rings (SSSR count). The summed E-state index contributed by atoms with van der Waals surface area (Å²) in [5, 5.41) is 3.70. The summed E-state index contributed by atoms with van der Waals surface area (Å²) >= 11 is 0. The van der Waals surface area contributed by atoms with Crippen molar-refractivity contribution in [1.82, 2.24) is 5.32 Å². The van der Waals surface area contributed by atoms with Crippen molar-refractivity contribution in [3.05, 3.63) is 59.2 Å². The van der Waals surface area contributed by atoms with E-state index in [2.05, 4.69) is 41.7 Å².